The van der Waals surface area contributed by atoms with Crippen LogP contribution in [-0.2, 0) is 9.53 Å². The second kappa shape index (κ2) is 9.52. The molecule has 7 nitrogen and oxygen atoms in total. The first kappa shape index (κ1) is 20.1. The number of benzene rings is 1. The van der Waals surface area contributed by atoms with E-state index in [2.05, 4.69) is 22.1 Å². The molecule has 1 aromatic rings. The molecule has 0 bridgehead atoms. The van der Waals surface area contributed by atoms with Crippen molar-refractivity contribution in [1.29, 1.82) is 0 Å². The summed E-state index contributed by atoms with van der Waals surface area (Å²) in [5, 5.41) is 6.30. The van der Waals surface area contributed by atoms with Gasteiger partial charge in [0.05, 0.1) is 18.2 Å². The summed E-state index contributed by atoms with van der Waals surface area (Å²) in [6, 6.07) is 8.77. The number of carbonyl (C=O) groups is 2. The minimum atomic E-state index is -0.535. The summed E-state index contributed by atoms with van der Waals surface area (Å²) in [5.41, 5.74) is 2.04. The van der Waals surface area contributed by atoms with Crippen LogP contribution in [0.25, 0.3) is 0 Å². The van der Waals surface area contributed by atoms with Gasteiger partial charge in [-0.15, -0.1) is 6.58 Å². The van der Waals surface area contributed by atoms with Crippen LogP contribution in [-0.4, -0.2) is 67.7 Å². The van der Waals surface area contributed by atoms with Crippen LogP contribution in [0.2, 0.25) is 0 Å². The average Bonchev–Trinajstić information content (AvgIpc) is 2.72. The van der Waals surface area contributed by atoms with E-state index < -0.39 is 12.0 Å². The maximum absolute atomic E-state index is 13.0. The van der Waals surface area contributed by atoms with Gasteiger partial charge in [-0.1, -0.05) is 36.4 Å². The van der Waals surface area contributed by atoms with Crippen LogP contribution in [0.4, 0.5) is 4.79 Å². The molecule has 0 radical (unpaired) electrons. The Morgan fingerprint density at radius 2 is 2.00 bits per heavy atom. The average molecular weight is 384 g/mol. The predicted octanol–water partition coefficient (Wildman–Crippen LogP) is 1.66. The van der Waals surface area contributed by atoms with Gasteiger partial charge in [-0.05, 0) is 12.5 Å². The molecule has 0 spiro atoms. The molecule has 2 aliphatic rings. The van der Waals surface area contributed by atoms with Gasteiger partial charge in [0.25, 0.3) is 0 Å². The fraction of sp³-hybridized carbons (Fsp3) is 0.429. The Morgan fingerprint density at radius 1 is 1.29 bits per heavy atom. The summed E-state index contributed by atoms with van der Waals surface area (Å²) in [7, 11) is 0. The fourth-order valence-electron chi connectivity index (χ4n) is 3.62. The number of nitrogens with zero attached hydrogens (tertiary/aromatic N) is 2. The molecule has 1 fully saturated rings. The van der Waals surface area contributed by atoms with Crippen molar-refractivity contribution in [2.24, 2.45) is 0 Å². The lowest BCUT2D eigenvalue weighted by Crippen LogP contribution is -2.52. The topological polar surface area (TPSA) is 73.9 Å². The number of nitrogens with one attached hydrogen (secondary N) is 2. The highest BCUT2D eigenvalue weighted by molar-refractivity contribution is 5.95. The number of carbonyl (C=O) groups excluding carboxylic acids is 2. The van der Waals surface area contributed by atoms with Crippen LogP contribution in [0.15, 0.2) is 54.3 Å². The molecule has 0 aliphatic carbocycles. The number of rotatable bonds is 7. The highest BCUT2D eigenvalue weighted by Crippen LogP contribution is 2.32. The van der Waals surface area contributed by atoms with Gasteiger partial charge in [0, 0.05) is 45.0 Å². The first-order chi connectivity index (χ1) is 13.7. The molecule has 3 rings (SSSR count). The van der Waals surface area contributed by atoms with Gasteiger partial charge in [-0.2, -0.15) is 0 Å². The van der Waals surface area contributed by atoms with Crippen LogP contribution >= 0.6 is 0 Å². The summed E-state index contributed by atoms with van der Waals surface area (Å²) in [6.45, 7) is 10.2. The van der Waals surface area contributed by atoms with E-state index in [0.29, 0.717) is 24.4 Å². The number of ether oxygens (including phenoxy) is 1. The summed E-state index contributed by atoms with van der Waals surface area (Å²) in [6.07, 6.45) is 1.67. The van der Waals surface area contributed by atoms with Crippen LogP contribution < -0.4 is 10.6 Å². The fourth-order valence-corrected chi connectivity index (χ4v) is 3.62. The third-order valence-corrected chi connectivity index (χ3v) is 4.96. The molecule has 0 saturated carbocycles. The number of hydrogen-bond acceptors (Lipinski definition) is 5. The minimum absolute atomic E-state index is 0.230. The van der Waals surface area contributed by atoms with Gasteiger partial charge in [0.1, 0.15) is 0 Å². The predicted molar refractivity (Wildman–Crippen MR) is 108 cm³/mol. The van der Waals surface area contributed by atoms with E-state index in [1.807, 2.05) is 30.3 Å². The molecule has 1 unspecified atom stereocenters. The van der Waals surface area contributed by atoms with E-state index >= 15 is 0 Å². The minimum Gasteiger partial charge on any atom is -0.463 e. The van der Waals surface area contributed by atoms with Crippen LogP contribution in [0.1, 0.15) is 18.5 Å². The number of amides is 2. The lowest BCUT2D eigenvalue weighted by atomic mass is 9.94. The molecule has 1 aromatic carbocycles. The van der Waals surface area contributed by atoms with Gasteiger partial charge in [0.15, 0.2) is 0 Å². The van der Waals surface area contributed by atoms with Crippen molar-refractivity contribution in [2.45, 2.75) is 13.0 Å². The zero-order chi connectivity index (χ0) is 19.9. The Balaban J connectivity index is 2.07. The normalized spacial score (nSPS) is 20.7. The van der Waals surface area contributed by atoms with E-state index in [-0.39, 0.29) is 12.6 Å². The number of esters is 1. The van der Waals surface area contributed by atoms with Crippen molar-refractivity contribution in [1.82, 2.24) is 20.4 Å². The molecule has 2 amide bonds. The summed E-state index contributed by atoms with van der Waals surface area (Å²) in [4.78, 5) is 29.7. The maximum atomic E-state index is 13.0. The second-order valence-corrected chi connectivity index (χ2v) is 6.80. The Labute approximate surface area is 166 Å². The lowest BCUT2D eigenvalue weighted by Gasteiger charge is -2.39. The quantitative estimate of drug-likeness (QED) is 0.553. The van der Waals surface area contributed by atoms with E-state index in [9.17, 15) is 9.59 Å². The zero-order valence-corrected chi connectivity index (χ0v) is 16.3. The molecule has 2 N–H and O–H groups in total. The first-order valence-corrected chi connectivity index (χ1v) is 9.72. The number of urea groups is 1. The monoisotopic (exact) mass is 384 g/mol. The van der Waals surface area contributed by atoms with Gasteiger partial charge in [-0.3, -0.25) is 9.80 Å². The molecule has 2 heterocycles. The Kier molecular flexibility index (Phi) is 6.84. The number of hydrogen-bond donors (Lipinski definition) is 2. The van der Waals surface area contributed by atoms with E-state index in [0.717, 1.165) is 31.7 Å². The van der Waals surface area contributed by atoms with Crippen molar-refractivity contribution in [2.75, 3.05) is 45.9 Å². The van der Waals surface area contributed by atoms with E-state index in [4.69, 9.17) is 4.74 Å². The van der Waals surface area contributed by atoms with Crippen molar-refractivity contribution >= 4 is 12.0 Å². The van der Waals surface area contributed by atoms with Crippen molar-refractivity contribution in [3.8, 4) is 0 Å². The summed E-state index contributed by atoms with van der Waals surface area (Å²) < 4.78 is 5.38. The van der Waals surface area contributed by atoms with Crippen LogP contribution in [0, 0.1) is 0 Å². The largest absolute Gasteiger partial charge is 0.463 e. The maximum Gasteiger partial charge on any atom is 0.338 e. The van der Waals surface area contributed by atoms with E-state index in [1.165, 1.54) is 0 Å². The van der Waals surface area contributed by atoms with Crippen molar-refractivity contribution < 1.29 is 14.3 Å². The Morgan fingerprint density at radius 3 is 2.64 bits per heavy atom. The zero-order valence-electron chi connectivity index (χ0n) is 16.3. The molecule has 7 heteroatoms. The molecule has 1 saturated heterocycles. The SMILES string of the molecule is C=CCN1C(=O)NC(c2ccccc2)C(C(=O)OCC)=C1CN1CCNCC1. The smallest absolute Gasteiger partial charge is 0.338 e. The highest BCUT2D eigenvalue weighted by Gasteiger charge is 2.38. The number of piperazine rings is 1. The molecular formula is C21H28N4O3. The van der Waals surface area contributed by atoms with Crippen LogP contribution in [0.5, 0.6) is 0 Å². The van der Waals surface area contributed by atoms with Gasteiger partial charge in [0.2, 0.25) is 0 Å². The Hall–Kier alpha value is -2.64. The lowest BCUT2D eigenvalue weighted by molar-refractivity contribution is -0.139. The molecule has 2 aliphatic heterocycles. The van der Waals surface area contributed by atoms with Crippen LogP contribution in [0.3, 0.4) is 0 Å². The summed E-state index contributed by atoms with van der Waals surface area (Å²) >= 11 is 0. The van der Waals surface area contributed by atoms with Crippen molar-refractivity contribution in [3.05, 3.63) is 59.8 Å². The molecule has 0 aromatic heterocycles. The molecule has 1 atom stereocenters. The molecular weight excluding hydrogens is 356 g/mol. The third kappa shape index (κ3) is 4.43. The van der Waals surface area contributed by atoms with Gasteiger partial charge < -0.3 is 15.4 Å². The second-order valence-electron chi connectivity index (χ2n) is 6.80. The summed E-state index contributed by atoms with van der Waals surface area (Å²) in [5.74, 6) is -0.393. The molecule has 150 valence electrons. The standard InChI is InChI=1S/C21H28N4O3/c1-3-12-25-17(15-24-13-10-22-11-14-24)18(20(26)28-4-2)19(23-21(25)27)16-8-6-5-7-9-16/h3,5-9,19,22H,1,4,10-15H2,2H3,(H,23,27). The first-order valence-electron chi connectivity index (χ1n) is 9.72. The Bertz CT molecular complexity index is 741. The highest BCUT2D eigenvalue weighted by atomic mass is 16.5. The van der Waals surface area contributed by atoms with Crippen molar-refractivity contribution in [3.63, 3.8) is 0 Å². The van der Waals surface area contributed by atoms with E-state index in [1.54, 1.807) is 17.9 Å². The third-order valence-electron chi connectivity index (χ3n) is 4.96. The molecule has 28 heavy (non-hydrogen) atoms. The van der Waals surface area contributed by atoms with Gasteiger partial charge >= 0.3 is 12.0 Å². The van der Waals surface area contributed by atoms with Gasteiger partial charge in [-0.25, -0.2) is 9.59 Å².